The number of amides is 1. The van der Waals surface area contributed by atoms with E-state index in [0.717, 1.165) is 32.4 Å². The van der Waals surface area contributed by atoms with Crippen molar-refractivity contribution in [3.63, 3.8) is 0 Å². The van der Waals surface area contributed by atoms with Gasteiger partial charge in [-0.05, 0) is 43.4 Å². The SMILES string of the molecule is O=C(NCCN1CCCCC1CO)C1Cc2ccccc2C1. The Bertz CT molecular complexity index is 493. The summed E-state index contributed by atoms with van der Waals surface area (Å²) in [7, 11) is 0. The molecule has 1 heterocycles. The molecule has 0 radical (unpaired) electrons. The number of fused-ring (bicyclic) bond motifs is 1. The minimum Gasteiger partial charge on any atom is -0.395 e. The van der Waals surface area contributed by atoms with Crippen LogP contribution in [0, 0.1) is 5.92 Å². The smallest absolute Gasteiger partial charge is 0.223 e. The zero-order valence-electron chi connectivity index (χ0n) is 13.1. The maximum Gasteiger partial charge on any atom is 0.223 e. The van der Waals surface area contributed by atoms with Crippen LogP contribution < -0.4 is 5.32 Å². The number of aliphatic hydroxyl groups is 1. The Morgan fingerprint density at radius 1 is 1.23 bits per heavy atom. The molecule has 1 atom stereocenters. The maximum atomic E-state index is 12.3. The molecule has 2 N–H and O–H groups in total. The predicted molar refractivity (Wildman–Crippen MR) is 86.6 cm³/mol. The summed E-state index contributed by atoms with van der Waals surface area (Å²) in [6.45, 7) is 2.79. The standard InChI is InChI=1S/C18H26N2O2/c21-13-17-7-3-4-9-20(17)10-8-19-18(22)16-11-14-5-1-2-6-15(14)12-16/h1-2,5-6,16-17,21H,3-4,7-13H2,(H,19,22). The number of carbonyl (C=O) groups excluding carboxylic acids is 1. The number of benzene rings is 1. The number of hydrogen-bond donors (Lipinski definition) is 2. The molecule has 1 fully saturated rings. The Morgan fingerprint density at radius 3 is 2.64 bits per heavy atom. The van der Waals surface area contributed by atoms with Crippen molar-refractivity contribution in [3.8, 4) is 0 Å². The number of rotatable bonds is 5. The number of piperidine rings is 1. The van der Waals surface area contributed by atoms with Crippen LogP contribution in [0.1, 0.15) is 30.4 Å². The first-order chi connectivity index (χ1) is 10.8. The molecule has 120 valence electrons. The van der Waals surface area contributed by atoms with Crippen molar-refractivity contribution >= 4 is 5.91 Å². The Hall–Kier alpha value is -1.39. The molecule has 1 aliphatic carbocycles. The molecule has 1 aliphatic heterocycles. The van der Waals surface area contributed by atoms with Gasteiger partial charge in [0.1, 0.15) is 0 Å². The van der Waals surface area contributed by atoms with Crippen LogP contribution >= 0.6 is 0 Å². The van der Waals surface area contributed by atoms with Crippen LogP contribution in [0.5, 0.6) is 0 Å². The van der Waals surface area contributed by atoms with Crippen LogP contribution in [0.4, 0.5) is 0 Å². The molecule has 4 nitrogen and oxygen atoms in total. The third-order valence-electron chi connectivity index (χ3n) is 5.08. The van der Waals surface area contributed by atoms with Gasteiger partial charge in [0.2, 0.25) is 5.91 Å². The number of hydrogen-bond acceptors (Lipinski definition) is 3. The summed E-state index contributed by atoms with van der Waals surface area (Å²) in [5.41, 5.74) is 2.64. The van der Waals surface area contributed by atoms with Crippen molar-refractivity contribution < 1.29 is 9.90 Å². The minimum absolute atomic E-state index is 0.0902. The van der Waals surface area contributed by atoms with E-state index in [9.17, 15) is 9.90 Å². The van der Waals surface area contributed by atoms with Gasteiger partial charge >= 0.3 is 0 Å². The summed E-state index contributed by atoms with van der Waals surface area (Å²) in [5, 5.41) is 12.5. The summed E-state index contributed by atoms with van der Waals surface area (Å²) in [5.74, 6) is 0.265. The average Bonchev–Trinajstić information content (AvgIpc) is 2.99. The van der Waals surface area contributed by atoms with Crippen molar-refractivity contribution in [1.82, 2.24) is 10.2 Å². The van der Waals surface area contributed by atoms with Crippen LogP contribution in [-0.4, -0.2) is 48.2 Å². The second-order valence-electron chi connectivity index (χ2n) is 6.53. The highest BCUT2D eigenvalue weighted by molar-refractivity contribution is 5.80. The Morgan fingerprint density at radius 2 is 1.95 bits per heavy atom. The van der Waals surface area contributed by atoms with E-state index in [0.29, 0.717) is 6.54 Å². The number of nitrogens with one attached hydrogen (secondary N) is 1. The summed E-state index contributed by atoms with van der Waals surface area (Å²) in [4.78, 5) is 14.6. The zero-order valence-corrected chi connectivity index (χ0v) is 13.1. The summed E-state index contributed by atoms with van der Waals surface area (Å²) >= 11 is 0. The van der Waals surface area contributed by atoms with Crippen molar-refractivity contribution in [2.45, 2.75) is 38.1 Å². The van der Waals surface area contributed by atoms with E-state index in [2.05, 4.69) is 22.3 Å². The van der Waals surface area contributed by atoms with Crippen molar-refractivity contribution in [1.29, 1.82) is 0 Å². The molecular formula is C18H26N2O2. The van der Waals surface area contributed by atoms with Gasteiger partial charge in [0, 0.05) is 25.0 Å². The largest absolute Gasteiger partial charge is 0.395 e. The highest BCUT2D eigenvalue weighted by Gasteiger charge is 2.27. The van der Waals surface area contributed by atoms with E-state index in [1.54, 1.807) is 0 Å². The van der Waals surface area contributed by atoms with Gasteiger partial charge in [-0.1, -0.05) is 30.7 Å². The molecule has 2 aliphatic rings. The molecule has 0 aromatic heterocycles. The van der Waals surface area contributed by atoms with E-state index in [-0.39, 0.29) is 24.5 Å². The second-order valence-corrected chi connectivity index (χ2v) is 6.53. The van der Waals surface area contributed by atoms with Gasteiger partial charge in [-0.25, -0.2) is 0 Å². The van der Waals surface area contributed by atoms with Gasteiger partial charge < -0.3 is 10.4 Å². The number of nitrogens with zero attached hydrogens (tertiary/aromatic N) is 1. The average molecular weight is 302 g/mol. The van der Waals surface area contributed by atoms with Crippen molar-refractivity contribution in [2.75, 3.05) is 26.2 Å². The van der Waals surface area contributed by atoms with E-state index >= 15 is 0 Å². The first-order valence-corrected chi connectivity index (χ1v) is 8.47. The van der Waals surface area contributed by atoms with E-state index in [1.165, 1.54) is 24.0 Å². The zero-order chi connectivity index (χ0) is 15.4. The molecule has 3 rings (SSSR count). The number of carbonyl (C=O) groups is 1. The molecule has 1 aromatic carbocycles. The number of aliphatic hydroxyl groups excluding tert-OH is 1. The third kappa shape index (κ3) is 3.50. The fourth-order valence-electron chi connectivity index (χ4n) is 3.77. The van der Waals surface area contributed by atoms with Crippen molar-refractivity contribution in [2.24, 2.45) is 5.92 Å². The van der Waals surface area contributed by atoms with Crippen LogP contribution in [-0.2, 0) is 17.6 Å². The molecule has 4 heteroatoms. The molecule has 1 amide bonds. The lowest BCUT2D eigenvalue weighted by Crippen LogP contribution is -2.46. The van der Waals surface area contributed by atoms with Gasteiger partial charge in [-0.15, -0.1) is 0 Å². The number of likely N-dealkylation sites (tertiary alicyclic amines) is 1. The Balaban J connectivity index is 1.43. The molecular weight excluding hydrogens is 276 g/mol. The molecule has 1 saturated heterocycles. The van der Waals surface area contributed by atoms with E-state index in [1.807, 2.05) is 12.1 Å². The van der Waals surface area contributed by atoms with Crippen molar-refractivity contribution in [3.05, 3.63) is 35.4 Å². The molecule has 0 spiro atoms. The Kier molecular flexibility index (Phi) is 5.11. The lowest BCUT2D eigenvalue weighted by atomic mass is 10.0. The highest BCUT2D eigenvalue weighted by atomic mass is 16.3. The van der Waals surface area contributed by atoms with Crippen LogP contribution in [0.2, 0.25) is 0 Å². The maximum absolute atomic E-state index is 12.3. The minimum atomic E-state index is 0.0902. The molecule has 0 saturated carbocycles. The molecule has 22 heavy (non-hydrogen) atoms. The lowest BCUT2D eigenvalue weighted by Gasteiger charge is -2.34. The summed E-state index contributed by atoms with van der Waals surface area (Å²) in [6.07, 6.45) is 5.20. The highest BCUT2D eigenvalue weighted by Crippen LogP contribution is 2.26. The van der Waals surface area contributed by atoms with Gasteiger partial charge in [-0.3, -0.25) is 9.69 Å². The fourth-order valence-corrected chi connectivity index (χ4v) is 3.77. The fraction of sp³-hybridized carbons (Fsp3) is 0.611. The first-order valence-electron chi connectivity index (χ1n) is 8.47. The van der Waals surface area contributed by atoms with Gasteiger partial charge in [0.15, 0.2) is 0 Å². The monoisotopic (exact) mass is 302 g/mol. The van der Waals surface area contributed by atoms with E-state index < -0.39 is 0 Å². The van der Waals surface area contributed by atoms with Gasteiger partial charge in [0.05, 0.1) is 6.61 Å². The third-order valence-corrected chi connectivity index (χ3v) is 5.08. The topological polar surface area (TPSA) is 52.6 Å². The van der Waals surface area contributed by atoms with Crippen LogP contribution in [0.3, 0.4) is 0 Å². The molecule has 1 unspecified atom stereocenters. The lowest BCUT2D eigenvalue weighted by molar-refractivity contribution is -0.124. The summed E-state index contributed by atoms with van der Waals surface area (Å²) in [6, 6.07) is 8.63. The van der Waals surface area contributed by atoms with Crippen LogP contribution in [0.25, 0.3) is 0 Å². The second kappa shape index (κ2) is 7.25. The summed E-state index contributed by atoms with van der Waals surface area (Å²) < 4.78 is 0. The Labute approximate surface area is 132 Å². The van der Waals surface area contributed by atoms with Gasteiger partial charge in [-0.2, -0.15) is 0 Å². The predicted octanol–water partition coefficient (Wildman–Crippen LogP) is 1.36. The van der Waals surface area contributed by atoms with Gasteiger partial charge in [0.25, 0.3) is 0 Å². The first kappa shape index (κ1) is 15.5. The molecule has 1 aromatic rings. The van der Waals surface area contributed by atoms with Crippen LogP contribution in [0.15, 0.2) is 24.3 Å². The normalized spacial score (nSPS) is 22.5. The van der Waals surface area contributed by atoms with E-state index in [4.69, 9.17) is 0 Å². The quantitative estimate of drug-likeness (QED) is 0.863. The molecule has 0 bridgehead atoms.